The van der Waals surface area contributed by atoms with Crippen LogP contribution in [0.4, 0.5) is 5.82 Å². The minimum atomic E-state index is -1.52. The van der Waals surface area contributed by atoms with Crippen LogP contribution < -0.4 is 10.1 Å². The van der Waals surface area contributed by atoms with Gasteiger partial charge in [0, 0.05) is 38.6 Å². The van der Waals surface area contributed by atoms with Gasteiger partial charge in [-0.05, 0) is 56.5 Å². The van der Waals surface area contributed by atoms with E-state index in [4.69, 9.17) is 23.5 Å². The largest absolute Gasteiger partial charge is 0.497 e. The molecule has 6 rings (SSSR count). The maximum absolute atomic E-state index is 9.32. The lowest BCUT2D eigenvalue weighted by molar-refractivity contribution is -0.0242. The van der Waals surface area contributed by atoms with E-state index in [1.807, 2.05) is 47.8 Å². The van der Waals surface area contributed by atoms with Crippen LogP contribution >= 0.6 is 8.53 Å². The Labute approximate surface area is 331 Å². The van der Waals surface area contributed by atoms with Gasteiger partial charge in [-0.2, -0.15) is 5.26 Å². The zero-order chi connectivity index (χ0) is 39.7. The van der Waals surface area contributed by atoms with Gasteiger partial charge < -0.3 is 23.4 Å². The Morgan fingerprint density at radius 3 is 2.18 bits per heavy atom. The molecule has 1 unspecified atom stereocenters. The van der Waals surface area contributed by atoms with Gasteiger partial charge in [-0.25, -0.2) is 24.6 Å². The van der Waals surface area contributed by atoms with Crippen molar-refractivity contribution in [2.45, 2.75) is 76.5 Å². The van der Waals surface area contributed by atoms with Gasteiger partial charge in [0.05, 0.1) is 57.1 Å². The summed E-state index contributed by atoms with van der Waals surface area (Å²) >= 11 is 0. The third-order valence-electron chi connectivity index (χ3n) is 9.65. The summed E-state index contributed by atoms with van der Waals surface area (Å²) in [6.45, 7) is 9.02. The highest BCUT2D eigenvalue weighted by atomic mass is 31.2. The molecule has 13 nitrogen and oxygen atoms in total. The van der Waals surface area contributed by atoms with Crippen molar-refractivity contribution in [2.24, 2.45) is 4.99 Å². The number of hydrogen-bond acceptors (Lipinski definition) is 11. The standard InChI is InChI=1S/C42H52N9O4P/c1-30(2)51(31(3)4)56(53-24-14-23-43)54-26-37-36(25-38(55-37)50-29-46-39-40(47-28-49(5)6)44-27-45-41(39)50)48-42(32-15-10-8-11-16-32,33-17-12-9-13-18-33)34-19-21-35(52-7)22-20-34/h8-13,15-22,27-31,36-38,48H,14,24-26H2,1-7H3/t36-,37+,38+,56?/m0/s1. The van der Waals surface area contributed by atoms with E-state index in [9.17, 15) is 5.26 Å². The summed E-state index contributed by atoms with van der Waals surface area (Å²) in [6, 6.07) is 31.4. The molecule has 1 fully saturated rings. The minimum absolute atomic E-state index is 0.148. The molecule has 14 heteroatoms. The van der Waals surface area contributed by atoms with E-state index >= 15 is 0 Å². The summed E-state index contributed by atoms with van der Waals surface area (Å²) in [5.74, 6) is 1.25. The van der Waals surface area contributed by atoms with Crippen molar-refractivity contribution in [3.05, 3.63) is 114 Å². The number of aromatic nitrogens is 4. The highest BCUT2D eigenvalue weighted by molar-refractivity contribution is 7.44. The van der Waals surface area contributed by atoms with Crippen LogP contribution in [-0.4, -0.2) is 94.1 Å². The number of nitrogens with one attached hydrogen (secondary N) is 1. The maximum atomic E-state index is 9.32. The van der Waals surface area contributed by atoms with E-state index in [-0.39, 0.29) is 37.8 Å². The SMILES string of the molecule is COc1ccc(C(N[C@H]2C[C@H](n3cnc4c(N=CN(C)C)ncnc43)O[C@@H]2COP(OCCC#N)N(C(C)C)C(C)C)(c2ccccc2)c2ccccc2)cc1. The van der Waals surface area contributed by atoms with Crippen molar-refractivity contribution in [3.8, 4) is 11.8 Å². The topological polar surface area (TPSA) is 135 Å². The Balaban J connectivity index is 1.45. The maximum Gasteiger partial charge on any atom is 0.259 e. The third-order valence-corrected chi connectivity index (χ3v) is 11.7. The molecule has 4 atom stereocenters. The van der Waals surface area contributed by atoms with Crippen molar-refractivity contribution >= 4 is 31.8 Å². The predicted octanol–water partition coefficient (Wildman–Crippen LogP) is 7.59. The molecule has 1 aliphatic heterocycles. The number of benzene rings is 3. The van der Waals surface area contributed by atoms with Crippen molar-refractivity contribution < 1.29 is 18.5 Å². The first kappa shape index (κ1) is 40.9. The van der Waals surface area contributed by atoms with Crippen LogP contribution in [0.2, 0.25) is 0 Å². The van der Waals surface area contributed by atoms with E-state index < -0.39 is 26.4 Å². The Hall–Kier alpha value is -4.80. The smallest absolute Gasteiger partial charge is 0.259 e. The molecule has 0 saturated carbocycles. The quantitative estimate of drug-likeness (QED) is 0.0310. The lowest BCUT2D eigenvalue weighted by Crippen LogP contribution is -2.53. The number of imidazole rings is 1. The highest BCUT2D eigenvalue weighted by Gasteiger charge is 2.45. The van der Waals surface area contributed by atoms with E-state index in [2.05, 4.69) is 119 Å². The summed E-state index contributed by atoms with van der Waals surface area (Å²) in [5.41, 5.74) is 3.57. The molecular weight excluding hydrogens is 725 g/mol. The van der Waals surface area contributed by atoms with Crippen LogP contribution in [0, 0.1) is 11.3 Å². The van der Waals surface area contributed by atoms with Gasteiger partial charge in [-0.15, -0.1) is 0 Å². The van der Waals surface area contributed by atoms with Crippen LogP contribution in [-0.2, 0) is 19.3 Å². The summed E-state index contributed by atoms with van der Waals surface area (Å²) in [5, 5.41) is 13.5. The van der Waals surface area contributed by atoms with E-state index in [1.165, 1.54) is 6.33 Å². The van der Waals surface area contributed by atoms with E-state index in [1.54, 1.807) is 19.8 Å². The van der Waals surface area contributed by atoms with Crippen LogP contribution in [0.15, 0.2) is 103 Å². The highest BCUT2D eigenvalue weighted by Crippen LogP contribution is 2.48. The van der Waals surface area contributed by atoms with Crippen LogP contribution in [0.5, 0.6) is 5.75 Å². The molecule has 294 valence electrons. The first-order chi connectivity index (χ1) is 27.2. The number of methoxy groups -OCH3 is 1. The lowest BCUT2D eigenvalue weighted by Gasteiger charge is -2.41. The van der Waals surface area contributed by atoms with Gasteiger partial charge >= 0.3 is 0 Å². The summed E-state index contributed by atoms with van der Waals surface area (Å²) in [7, 11) is 3.96. The number of nitrogens with zero attached hydrogens (tertiary/aromatic N) is 8. The van der Waals surface area contributed by atoms with Crippen molar-refractivity contribution in [2.75, 3.05) is 34.4 Å². The summed E-state index contributed by atoms with van der Waals surface area (Å²) in [4.78, 5) is 20.2. The molecule has 0 aliphatic carbocycles. The van der Waals surface area contributed by atoms with Gasteiger partial charge in [0.25, 0.3) is 8.53 Å². The summed E-state index contributed by atoms with van der Waals surface area (Å²) in [6.07, 6.45) is 4.88. The Bertz CT molecular complexity index is 2010. The Morgan fingerprint density at radius 2 is 1.59 bits per heavy atom. The van der Waals surface area contributed by atoms with Crippen molar-refractivity contribution in [1.82, 2.24) is 34.4 Å². The molecule has 56 heavy (non-hydrogen) atoms. The predicted molar refractivity (Wildman–Crippen MR) is 220 cm³/mol. The molecule has 0 amide bonds. The fraction of sp³-hybridized carbons (Fsp3) is 0.405. The molecule has 0 radical (unpaired) electrons. The minimum Gasteiger partial charge on any atom is -0.497 e. The lowest BCUT2D eigenvalue weighted by atomic mass is 9.76. The molecule has 1 saturated heterocycles. The van der Waals surface area contributed by atoms with Crippen LogP contribution in [0.1, 0.15) is 63.5 Å². The second-order valence-electron chi connectivity index (χ2n) is 14.4. The fourth-order valence-corrected chi connectivity index (χ4v) is 8.84. The molecule has 0 spiro atoms. The van der Waals surface area contributed by atoms with Crippen molar-refractivity contribution in [3.63, 3.8) is 0 Å². The molecule has 5 aromatic rings. The molecule has 3 heterocycles. The third kappa shape index (κ3) is 9.08. The van der Waals surface area contributed by atoms with Gasteiger partial charge in [0.1, 0.15) is 18.3 Å². The average Bonchev–Trinajstić information content (AvgIpc) is 3.82. The van der Waals surface area contributed by atoms with E-state index in [0.29, 0.717) is 23.4 Å². The summed E-state index contributed by atoms with van der Waals surface area (Å²) < 4.78 is 29.9. The number of ether oxygens (including phenoxy) is 2. The number of aliphatic imine (C=N–C) groups is 1. The average molecular weight is 778 g/mol. The normalized spacial score (nSPS) is 18.0. The first-order valence-corrected chi connectivity index (χ1v) is 20.1. The first-order valence-electron chi connectivity index (χ1n) is 18.9. The zero-order valence-corrected chi connectivity index (χ0v) is 34.1. The fourth-order valence-electron chi connectivity index (χ4n) is 7.22. The van der Waals surface area contributed by atoms with Crippen LogP contribution in [0.3, 0.4) is 0 Å². The number of rotatable bonds is 18. The van der Waals surface area contributed by atoms with Gasteiger partial charge in [-0.3, -0.25) is 9.88 Å². The number of hydrogen-bond donors (Lipinski definition) is 1. The van der Waals surface area contributed by atoms with Gasteiger partial charge in [-0.1, -0.05) is 72.8 Å². The second kappa shape index (κ2) is 18.9. The molecule has 3 aromatic carbocycles. The molecule has 0 bridgehead atoms. The monoisotopic (exact) mass is 777 g/mol. The molecule has 2 aromatic heterocycles. The van der Waals surface area contributed by atoms with Crippen molar-refractivity contribution in [1.29, 1.82) is 5.26 Å². The Morgan fingerprint density at radius 1 is 0.946 bits per heavy atom. The Kier molecular flexibility index (Phi) is 13.8. The molecule has 1 N–H and O–H groups in total. The zero-order valence-electron chi connectivity index (χ0n) is 33.2. The van der Waals surface area contributed by atoms with Gasteiger partial charge in [0.15, 0.2) is 17.0 Å². The van der Waals surface area contributed by atoms with Crippen LogP contribution in [0.25, 0.3) is 11.2 Å². The number of fused-ring (bicyclic) bond motifs is 1. The van der Waals surface area contributed by atoms with Gasteiger partial charge in [0.2, 0.25) is 0 Å². The number of nitriles is 1. The molecular formula is C42H52N9O4P. The molecule has 1 aliphatic rings. The second-order valence-corrected chi connectivity index (χ2v) is 15.9. The van der Waals surface area contributed by atoms with E-state index in [0.717, 1.165) is 22.4 Å².